The number of piperazine rings is 1. The van der Waals surface area contributed by atoms with Gasteiger partial charge >= 0.3 is 0 Å². The molecule has 1 saturated carbocycles. The summed E-state index contributed by atoms with van der Waals surface area (Å²) in [5, 5.41) is 6.92. The van der Waals surface area contributed by atoms with Crippen LogP contribution in [0.15, 0.2) is 29.3 Å². The normalized spacial score (nSPS) is 19.5. The van der Waals surface area contributed by atoms with Gasteiger partial charge in [-0.15, -0.1) is 0 Å². The minimum absolute atomic E-state index is 0.580. The molecule has 3 rings (SSSR count). The molecule has 0 spiro atoms. The fourth-order valence-electron chi connectivity index (χ4n) is 3.84. The number of guanidine groups is 1. The number of benzene rings is 1. The molecule has 6 nitrogen and oxygen atoms in total. The molecule has 0 aromatic heterocycles. The van der Waals surface area contributed by atoms with Crippen molar-refractivity contribution in [2.24, 2.45) is 16.8 Å². The van der Waals surface area contributed by atoms with Crippen molar-refractivity contribution in [3.63, 3.8) is 0 Å². The van der Waals surface area contributed by atoms with E-state index < -0.39 is 0 Å². The average Bonchev–Trinajstić information content (AvgIpc) is 3.60. The third-order valence-corrected chi connectivity index (χ3v) is 6.00. The maximum Gasteiger partial charge on any atom is 0.191 e. The Morgan fingerprint density at radius 3 is 2.53 bits per heavy atom. The van der Waals surface area contributed by atoms with Gasteiger partial charge in [0.1, 0.15) is 5.75 Å². The van der Waals surface area contributed by atoms with Crippen molar-refractivity contribution in [2.75, 3.05) is 59.0 Å². The summed E-state index contributed by atoms with van der Waals surface area (Å²) < 4.78 is 6.03. The van der Waals surface area contributed by atoms with Crippen LogP contribution >= 0.6 is 0 Å². The van der Waals surface area contributed by atoms with E-state index in [0.717, 1.165) is 49.4 Å². The number of hydrogen-bond donors (Lipinski definition) is 2. The molecule has 168 valence electrons. The van der Waals surface area contributed by atoms with Crippen molar-refractivity contribution in [1.29, 1.82) is 0 Å². The highest BCUT2D eigenvalue weighted by atomic mass is 16.5. The number of likely N-dealkylation sites (N-methyl/N-ethyl adjacent to an activating group) is 1. The Morgan fingerprint density at radius 2 is 1.83 bits per heavy atom. The van der Waals surface area contributed by atoms with Crippen molar-refractivity contribution in [3.05, 3.63) is 29.8 Å². The Bertz CT molecular complexity index is 653. The summed E-state index contributed by atoms with van der Waals surface area (Å²) in [6.45, 7) is 17.0. The summed E-state index contributed by atoms with van der Waals surface area (Å²) in [6, 6.07) is 8.29. The van der Waals surface area contributed by atoms with Crippen LogP contribution in [-0.4, -0.2) is 74.7 Å². The van der Waals surface area contributed by atoms with Crippen LogP contribution < -0.4 is 15.4 Å². The van der Waals surface area contributed by atoms with Crippen LogP contribution in [0.2, 0.25) is 0 Å². The van der Waals surface area contributed by atoms with E-state index in [2.05, 4.69) is 59.4 Å². The van der Waals surface area contributed by atoms with Crippen LogP contribution in [-0.2, 0) is 6.54 Å². The van der Waals surface area contributed by atoms with E-state index in [1.54, 1.807) is 0 Å². The molecule has 6 heteroatoms. The van der Waals surface area contributed by atoms with Gasteiger partial charge in [0.15, 0.2) is 5.96 Å². The molecule has 2 N–H and O–H groups in total. The zero-order chi connectivity index (χ0) is 21.2. The molecular formula is C24H41N5O. The van der Waals surface area contributed by atoms with E-state index in [-0.39, 0.29) is 0 Å². The van der Waals surface area contributed by atoms with E-state index in [4.69, 9.17) is 9.73 Å². The minimum atomic E-state index is 0.580. The first kappa shape index (κ1) is 22.9. The molecule has 0 bridgehead atoms. The van der Waals surface area contributed by atoms with Gasteiger partial charge in [-0.05, 0) is 44.2 Å². The molecule has 2 fully saturated rings. The number of para-hydroxylation sites is 1. The van der Waals surface area contributed by atoms with Gasteiger partial charge < -0.3 is 25.2 Å². The first-order chi connectivity index (χ1) is 14.7. The quantitative estimate of drug-likeness (QED) is 0.430. The lowest BCUT2D eigenvalue weighted by atomic mass is 10.1. The van der Waals surface area contributed by atoms with Gasteiger partial charge in [-0.2, -0.15) is 0 Å². The smallest absolute Gasteiger partial charge is 0.191 e. The number of nitrogens with one attached hydrogen (secondary N) is 2. The lowest BCUT2D eigenvalue weighted by Gasteiger charge is -2.35. The summed E-state index contributed by atoms with van der Waals surface area (Å²) in [5.41, 5.74) is 1.15. The monoisotopic (exact) mass is 415 g/mol. The average molecular weight is 416 g/mol. The molecule has 1 saturated heterocycles. The maximum absolute atomic E-state index is 6.03. The molecule has 2 aliphatic rings. The van der Waals surface area contributed by atoms with Crippen molar-refractivity contribution >= 4 is 5.96 Å². The lowest BCUT2D eigenvalue weighted by Crippen LogP contribution is -2.48. The summed E-state index contributed by atoms with van der Waals surface area (Å²) in [6.07, 6.45) is 2.61. The molecule has 1 unspecified atom stereocenters. The molecule has 1 atom stereocenters. The Labute approximate surface area is 183 Å². The van der Waals surface area contributed by atoms with Gasteiger partial charge in [0, 0.05) is 51.4 Å². The number of hydrogen-bond acceptors (Lipinski definition) is 4. The Morgan fingerprint density at radius 1 is 1.10 bits per heavy atom. The van der Waals surface area contributed by atoms with Gasteiger partial charge in [0.2, 0.25) is 0 Å². The van der Waals surface area contributed by atoms with Gasteiger partial charge in [0.05, 0.1) is 13.2 Å². The van der Waals surface area contributed by atoms with Crippen molar-refractivity contribution < 1.29 is 4.74 Å². The van der Waals surface area contributed by atoms with Gasteiger partial charge in [-0.3, -0.25) is 0 Å². The van der Waals surface area contributed by atoms with Crippen LogP contribution in [0.25, 0.3) is 0 Å². The zero-order valence-electron chi connectivity index (χ0n) is 19.2. The summed E-state index contributed by atoms with van der Waals surface area (Å²) in [4.78, 5) is 9.94. The third-order valence-electron chi connectivity index (χ3n) is 6.00. The van der Waals surface area contributed by atoms with Crippen molar-refractivity contribution in [3.8, 4) is 5.75 Å². The van der Waals surface area contributed by atoms with E-state index in [9.17, 15) is 0 Å². The van der Waals surface area contributed by atoms with Crippen molar-refractivity contribution in [2.45, 2.75) is 40.2 Å². The van der Waals surface area contributed by atoms with E-state index >= 15 is 0 Å². The lowest BCUT2D eigenvalue weighted by molar-refractivity contribution is 0.124. The summed E-state index contributed by atoms with van der Waals surface area (Å²) in [7, 11) is 0. The number of ether oxygens (including phenoxy) is 1. The molecule has 30 heavy (non-hydrogen) atoms. The highest BCUT2D eigenvalue weighted by molar-refractivity contribution is 5.79. The van der Waals surface area contributed by atoms with Gasteiger partial charge in [-0.1, -0.05) is 32.0 Å². The fraction of sp³-hybridized carbons (Fsp3) is 0.708. The third kappa shape index (κ3) is 7.80. The van der Waals surface area contributed by atoms with E-state index in [1.165, 1.54) is 45.6 Å². The summed E-state index contributed by atoms with van der Waals surface area (Å²) in [5.74, 6) is 3.20. The van der Waals surface area contributed by atoms with Crippen LogP contribution in [0.4, 0.5) is 0 Å². The largest absolute Gasteiger partial charge is 0.493 e. The molecule has 0 amide bonds. The van der Waals surface area contributed by atoms with Gasteiger partial charge in [0.25, 0.3) is 0 Å². The standard InChI is InChI=1S/C24H41N5O/c1-4-25-24(26-16-20(3)18-29-14-12-28(5-2)13-15-29)27-17-22-8-6-7-9-23(22)30-19-21-10-11-21/h6-9,20-21H,4-5,10-19H2,1-3H3,(H2,25,26,27). The Hall–Kier alpha value is -1.79. The molecular weight excluding hydrogens is 374 g/mol. The van der Waals surface area contributed by atoms with Crippen LogP contribution in [0.5, 0.6) is 5.75 Å². The topological polar surface area (TPSA) is 52.1 Å². The Kier molecular flexibility index (Phi) is 9.27. The predicted octanol–water partition coefficient (Wildman–Crippen LogP) is 2.80. The first-order valence-electron chi connectivity index (χ1n) is 11.9. The van der Waals surface area contributed by atoms with Crippen LogP contribution in [0.1, 0.15) is 39.2 Å². The molecule has 1 aliphatic carbocycles. The van der Waals surface area contributed by atoms with Gasteiger partial charge in [-0.25, -0.2) is 4.99 Å². The van der Waals surface area contributed by atoms with E-state index in [0.29, 0.717) is 12.5 Å². The molecule has 1 heterocycles. The highest BCUT2D eigenvalue weighted by Gasteiger charge is 2.22. The molecule has 1 aliphatic heterocycles. The molecule has 1 aromatic rings. The fourth-order valence-corrected chi connectivity index (χ4v) is 3.84. The highest BCUT2D eigenvalue weighted by Crippen LogP contribution is 2.30. The van der Waals surface area contributed by atoms with Crippen LogP contribution in [0, 0.1) is 11.8 Å². The minimum Gasteiger partial charge on any atom is -0.493 e. The second-order valence-corrected chi connectivity index (χ2v) is 8.78. The zero-order valence-corrected chi connectivity index (χ0v) is 19.2. The first-order valence-corrected chi connectivity index (χ1v) is 11.9. The summed E-state index contributed by atoms with van der Waals surface area (Å²) >= 11 is 0. The predicted molar refractivity (Wildman–Crippen MR) is 125 cm³/mol. The number of aliphatic imine (C=N–C) groups is 1. The second kappa shape index (κ2) is 12.2. The SMILES string of the molecule is CCNC(=NCc1ccccc1OCC1CC1)NCC(C)CN1CCN(CC)CC1. The van der Waals surface area contributed by atoms with Crippen LogP contribution in [0.3, 0.4) is 0 Å². The second-order valence-electron chi connectivity index (χ2n) is 8.78. The molecule has 1 aromatic carbocycles. The maximum atomic E-state index is 6.03. The number of rotatable bonds is 11. The number of nitrogens with zero attached hydrogens (tertiary/aromatic N) is 3. The van der Waals surface area contributed by atoms with E-state index in [1.807, 2.05) is 6.07 Å². The van der Waals surface area contributed by atoms with Crippen molar-refractivity contribution in [1.82, 2.24) is 20.4 Å². The Balaban J connectivity index is 1.46. The molecule has 0 radical (unpaired) electrons.